The monoisotopic (exact) mass is 309 g/mol. The van der Waals surface area contributed by atoms with Crippen molar-refractivity contribution in [1.29, 1.82) is 0 Å². The molecule has 0 spiro atoms. The molecule has 0 bridgehead atoms. The summed E-state index contributed by atoms with van der Waals surface area (Å²) in [6, 6.07) is 18.3. The Morgan fingerprint density at radius 3 is 1.39 bits per heavy atom. The third-order valence-corrected chi connectivity index (χ3v) is 3.45. The van der Waals surface area contributed by atoms with Crippen LogP contribution in [0.1, 0.15) is 0 Å². The molecule has 0 fully saturated rings. The van der Waals surface area contributed by atoms with Crippen LogP contribution in [0.4, 0.5) is 17.1 Å². The van der Waals surface area contributed by atoms with Crippen molar-refractivity contribution in [3.63, 3.8) is 0 Å². The quantitative estimate of drug-likeness (QED) is 0.550. The fourth-order valence-electron chi connectivity index (χ4n) is 2.33. The topological polar surface area (TPSA) is 84.2 Å². The number of benzene rings is 3. The molecule has 0 saturated heterocycles. The molecule has 3 aromatic carbocycles. The van der Waals surface area contributed by atoms with E-state index < -0.39 is 0 Å². The van der Waals surface area contributed by atoms with Crippen LogP contribution in [0.25, 0.3) is 0 Å². The number of anilines is 3. The number of phenols is 4. The zero-order valence-electron chi connectivity index (χ0n) is 12.1. The van der Waals surface area contributed by atoms with Gasteiger partial charge in [-0.15, -0.1) is 0 Å². The van der Waals surface area contributed by atoms with Crippen LogP contribution < -0.4 is 4.90 Å². The van der Waals surface area contributed by atoms with Gasteiger partial charge < -0.3 is 25.3 Å². The first-order valence-corrected chi connectivity index (χ1v) is 6.95. The summed E-state index contributed by atoms with van der Waals surface area (Å²) >= 11 is 0. The molecule has 0 aliphatic carbocycles. The van der Waals surface area contributed by atoms with Gasteiger partial charge in [0.1, 0.15) is 0 Å². The van der Waals surface area contributed by atoms with Gasteiger partial charge in [0, 0.05) is 17.8 Å². The molecule has 0 amide bonds. The Hall–Kier alpha value is -3.34. The number of rotatable bonds is 3. The predicted octanol–water partition coefficient (Wildman–Crippen LogP) is 3.98. The van der Waals surface area contributed by atoms with Crippen LogP contribution in [-0.4, -0.2) is 20.4 Å². The summed E-state index contributed by atoms with van der Waals surface area (Å²) in [4.78, 5) is 1.78. The minimum atomic E-state index is -0.244. The highest BCUT2D eigenvalue weighted by molar-refractivity contribution is 5.78. The van der Waals surface area contributed by atoms with Gasteiger partial charge in [-0.2, -0.15) is 0 Å². The van der Waals surface area contributed by atoms with E-state index in [0.29, 0.717) is 11.4 Å². The zero-order chi connectivity index (χ0) is 16.4. The second kappa shape index (κ2) is 5.81. The maximum atomic E-state index is 9.78. The third-order valence-electron chi connectivity index (χ3n) is 3.45. The Kier molecular flexibility index (Phi) is 3.68. The van der Waals surface area contributed by atoms with Gasteiger partial charge in [0.05, 0.1) is 11.4 Å². The summed E-state index contributed by atoms with van der Waals surface area (Å²) < 4.78 is 0. The molecule has 0 aromatic heterocycles. The van der Waals surface area contributed by atoms with Gasteiger partial charge in [0.25, 0.3) is 0 Å². The molecule has 3 rings (SSSR count). The van der Waals surface area contributed by atoms with E-state index in [1.165, 1.54) is 24.3 Å². The van der Waals surface area contributed by atoms with Crippen molar-refractivity contribution >= 4 is 17.1 Å². The van der Waals surface area contributed by atoms with Crippen LogP contribution in [0.5, 0.6) is 23.0 Å². The SMILES string of the molecule is Oc1ccc(N(c2ccccc2)c2ccc(O)c(O)c2)cc1O. The van der Waals surface area contributed by atoms with Gasteiger partial charge >= 0.3 is 0 Å². The molecular formula is C18H15NO4. The fourth-order valence-corrected chi connectivity index (χ4v) is 2.33. The van der Waals surface area contributed by atoms with Crippen LogP contribution in [0.2, 0.25) is 0 Å². The van der Waals surface area contributed by atoms with E-state index >= 15 is 0 Å². The van der Waals surface area contributed by atoms with E-state index in [1.54, 1.807) is 17.0 Å². The predicted molar refractivity (Wildman–Crippen MR) is 87.8 cm³/mol. The molecule has 0 aliphatic heterocycles. The van der Waals surface area contributed by atoms with Crippen molar-refractivity contribution < 1.29 is 20.4 Å². The zero-order valence-corrected chi connectivity index (χ0v) is 12.1. The van der Waals surface area contributed by atoms with Gasteiger partial charge in [0.2, 0.25) is 0 Å². The second-order valence-electron chi connectivity index (χ2n) is 5.02. The molecule has 0 unspecified atom stereocenters. The van der Waals surface area contributed by atoms with E-state index in [2.05, 4.69) is 0 Å². The standard InChI is InChI=1S/C18H15NO4/c20-15-8-6-13(10-17(15)22)19(12-4-2-1-3-5-12)14-7-9-16(21)18(23)11-14/h1-11,20-23H. The van der Waals surface area contributed by atoms with Crippen LogP contribution in [0, 0.1) is 0 Å². The minimum Gasteiger partial charge on any atom is -0.504 e. The molecule has 0 radical (unpaired) electrons. The van der Waals surface area contributed by atoms with Crippen molar-refractivity contribution in [3.8, 4) is 23.0 Å². The fraction of sp³-hybridized carbons (Fsp3) is 0. The molecule has 5 nitrogen and oxygen atoms in total. The molecule has 4 N–H and O–H groups in total. The number of nitrogens with zero attached hydrogens (tertiary/aromatic N) is 1. The first-order chi connectivity index (χ1) is 11.1. The molecule has 23 heavy (non-hydrogen) atoms. The normalized spacial score (nSPS) is 10.4. The highest BCUT2D eigenvalue weighted by Crippen LogP contribution is 2.40. The first kappa shape index (κ1) is 14.6. The number of aromatic hydroxyl groups is 4. The summed E-state index contributed by atoms with van der Waals surface area (Å²) in [5.41, 5.74) is 1.98. The lowest BCUT2D eigenvalue weighted by Crippen LogP contribution is -2.09. The molecule has 0 saturated carbocycles. The molecule has 0 heterocycles. The Bertz CT molecular complexity index is 782. The van der Waals surface area contributed by atoms with E-state index in [0.717, 1.165) is 5.69 Å². The molecule has 0 atom stereocenters. The summed E-state index contributed by atoms with van der Waals surface area (Å²) in [5, 5.41) is 38.6. The highest BCUT2D eigenvalue weighted by atomic mass is 16.3. The van der Waals surface area contributed by atoms with E-state index in [1.807, 2.05) is 30.3 Å². The molecule has 0 aliphatic rings. The lowest BCUT2D eigenvalue weighted by molar-refractivity contribution is 0.403. The average Bonchev–Trinajstić information content (AvgIpc) is 2.55. The Morgan fingerprint density at radius 1 is 0.478 bits per heavy atom. The van der Waals surface area contributed by atoms with Crippen LogP contribution in [0.15, 0.2) is 66.7 Å². The van der Waals surface area contributed by atoms with Crippen molar-refractivity contribution in [2.24, 2.45) is 0 Å². The van der Waals surface area contributed by atoms with Crippen molar-refractivity contribution in [2.75, 3.05) is 4.90 Å². The smallest absolute Gasteiger partial charge is 0.159 e. The molecule has 3 aromatic rings. The molecular weight excluding hydrogens is 294 g/mol. The van der Waals surface area contributed by atoms with Crippen molar-refractivity contribution in [2.45, 2.75) is 0 Å². The van der Waals surface area contributed by atoms with Crippen molar-refractivity contribution in [1.82, 2.24) is 0 Å². The number of hydrogen-bond acceptors (Lipinski definition) is 5. The molecule has 5 heteroatoms. The van der Waals surface area contributed by atoms with E-state index in [9.17, 15) is 20.4 Å². The first-order valence-electron chi connectivity index (χ1n) is 6.95. The van der Waals surface area contributed by atoms with E-state index in [4.69, 9.17) is 0 Å². The lowest BCUT2D eigenvalue weighted by atomic mass is 10.1. The largest absolute Gasteiger partial charge is 0.504 e. The lowest BCUT2D eigenvalue weighted by Gasteiger charge is -2.25. The van der Waals surface area contributed by atoms with Gasteiger partial charge in [0.15, 0.2) is 23.0 Å². The number of para-hydroxylation sites is 1. The summed E-state index contributed by atoms with van der Waals surface area (Å²) in [6.45, 7) is 0. The number of phenolic OH excluding ortho intramolecular Hbond substituents is 4. The maximum Gasteiger partial charge on any atom is 0.159 e. The van der Waals surface area contributed by atoms with Gasteiger partial charge in [-0.1, -0.05) is 18.2 Å². The second-order valence-corrected chi connectivity index (χ2v) is 5.02. The van der Waals surface area contributed by atoms with Gasteiger partial charge in [-0.3, -0.25) is 0 Å². The summed E-state index contributed by atoms with van der Waals surface area (Å²) in [6.07, 6.45) is 0. The summed E-state index contributed by atoms with van der Waals surface area (Å²) in [7, 11) is 0. The maximum absolute atomic E-state index is 9.78. The average molecular weight is 309 g/mol. The highest BCUT2D eigenvalue weighted by Gasteiger charge is 2.15. The van der Waals surface area contributed by atoms with Crippen LogP contribution in [0.3, 0.4) is 0 Å². The Labute approximate surface area is 132 Å². The van der Waals surface area contributed by atoms with Crippen LogP contribution >= 0.6 is 0 Å². The molecule has 116 valence electrons. The van der Waals surface area contributed by atoms with E-state index in [-0.39, 0.29) is 23.0 Å². The summed E-state index contributed by atoms with van der Waals surface area (Å²) in [5.74, 6) is -0.913. The van der Waals surface area contributed by atoms with Crippen molar-refractivity contribution in [3.05, 3.63) is 66.7 Å². The van der Waals surface area contributed by atoms with Gasteiger partial charge in [-0.25, -0.2) is 0 Å². The Balaban J connectivity index is 2.17. The van der Waals surface area contributed by atoms with Crippen LogP contribution in [-0.2, 0) is 0 Å². The van der Waals surface area contributed by atoms with Gasteiger partial charge in [-0.05, 0) is 36.4 Å². The number of hydrogen-bond donors (Lipinski definition) is 4. The Morgan fingerprint density at radius 2 is 0.957 bits per heavy atom. The third kappa shape index (κ3) is 2.85. The minimum absolute atomic E-state index is 0.213.